The van der Waals surface area contributed by atoms with Gasteiger partial charge in [0.05, 0.1) is 4.90 Å². The van der Waals surface area contributed by atoms with E-state index in [2.05, 4.69) is 13.8 Å². The molecule has 1 rings (SSSR count). The summed E-state index contributed by atoms with van der Waals surface area (Å²) in [5.74, 6) is 0.425. The van der Waals surface area contributed by atoms with Crippen molar-refractivity contribution in [3.05, 3.63) is 29.3 Å². The fraction of sp³-hybridized carbons (Fsp3) is 0.600. The van der Waals surface area contributed by atoms with E-state index >= 15 is 0 Å². The lowest BCUT2D eigenvalue weighted by Gasteiger charge is -2.14. The van der Waals surface area contributed by atoms with Crippen molar-refractivity contribution in [1.29, 1.82) is 0 Å². The van der Waals surface area contributed by atoms with Crippen LogP contribution in [0.1, 0.15) is 50.7 Å². The normalized spacial score (nSPS) is 13.5. The largest absolute Gasteiger partial charge is 0.294 e. The third-order valence-electron chi connectivity index (χ3n) is 3.36. The van der Waals surface area contributed by atoms with E-state index in [4.69, 9.17) is 0 Å². The van der Waals surface area contributed by atoms with E-state index < -0.39 is 10.1 Å². The molecule has 1 aromatic rings. The minimum atomic E-state index is -4.12. The zero-order chi connectivity index (χ0) is 14.5. The van der Waals surface area contributed by atoms with E-state index in [1.54, 1.807) is 6.07 Å². The lowest BCUT2D eigenvalue weighted by Crippen LogP contribution is -2.07. The third kappa shape index (κ3) is 5.33. The van der Waals surface area contributed by atoms with E-state index in [9.17, 15) is 13.0 Å². The molecule has 0 aliphatic rings. The predicted octanol–water partition coefficient (Wildman–Crippen LogP) is 4.00. The topological polar surface area (TPSA) is 54.4 Å². The second-order valence-electron chi connectivity index (χ2n) is 5.39. The first-order chi connectivity index (χ1) is 8.84. The van der Waals surface area contributed by atoms with Crippen LogP contribution in [0.3, 0.4) is 0 Å². The molecule has 0 aliphatic heterocycles. The molecule has 0 radical (unpaired) electrons. The summed E-state index contributed by atoms with van der Waals surface area (Å²) in [5, 5.41) is 0. The standard InChI is InChI=1S/C15H24O3S/c1-4-5-6-7-12(2)10-14-11-13(3)8-9-15(14)19(16,17)18/h8-9,11-12H,4-7,10H2,1-3H3,(H,16,17,18). The third-order valence-corrected chi connectivity index (χ3v) is 4.32. The summed E-state index contributed by atoms with van der Waals surface area (Å²) in [6.07, 6.45) is 5.36. The number of aryl methyl sites for hydroxylation is 1. The van der Waals surface area contributed by atoms with Gasteiger partial charge in [0.1, 0.15) is 0 Å². The lowest BCUT2D eigenvalue weighted by molar-refractivity contribution is 0.473. The van der Waals surface area contributed by atoms with Crippen LogP contribution >= 0.6 is 0 Å². The van der Waals surface area contributed by atoms with Crippen molar-refractivity contribution in [3.8, 4) is 0 Å². The van der Waals surface area contributed by atoms with Gasteiger partial charge in [0.25, 0.3) is 10.1 Å². The van der Waals surface area contributed by atoms with Gasteiger partial charge in [-0.25, -0.2) is 0 Å². The highest BCUT2D eigenvalue weighted by Gasteiger charge is 2.17. The molecule has 0 heterocycles. The van der Waals surface area contributed by atoms with Gasteiger partial charge in [-0.15, -0.1) is 0 Å². The first-order valence-corrected chi connectivity index (χ1v) is 8.35. The number of hydrogen-bond acceptors (Lipinski definition) is 2. The first-order valence-electron chi connectivity index (χ1n) is 6.91. The fourth-order valence-corrected chi connectivity index (χ4v) is 3.05. The summed E-state index contributed by atoms with van der Waals surface area (Å²) < 4.78 is 32.0. The maximum atomic E-state index is 11.4. The van der Waals surface area contributed by atoms with Gasteiger partial charge in [-0.2, -0.15) is 8.42 Å². The molecular formula is C15H24O3S. The molecule has 1 N–H and O–H groups in total. The Labute approximate surface area is 116 Å². The fourth-order valence-electron chi connectivity index (χ4n) is 2.34. The molecule has 0 saturated carbocycles. The Morgan fingerprint density at radius 3 is 2.53 bits per heavy atom. The maximum absolute atomic E-state index is 11.4. The highest BCUT2D eigenvalue weighted by molar-refractivity contribution is 7.85. The number of unbranched alkanes of at least 4 members (excludes halogenated alkanes) is 2. The average Bonchev–Trinajstić information content (AvgIpc) is 2.27. The molecule has 0 aliphatic carbocycles. The van der Waals surface area contributed by atoms with Crippen molar-refractivity contribution in [2.24, 2.45) is 5.92 Å². The van der Waals surface area contributed by atoms with E-state index in [-0.39, 0.29) is 4.90 Å². The zero-order valence-electron chi connectivity index (χ0n) is 12.0. The average molecular weight is 284 g/mol. The predicted molar refractivity (Wildman–Crippen MR) is 78.0 cm³/mol. The second kappa shape index (κ2) is 7.06. The SMILES string of the molecule is CCCCCC(C)Cc1cc(C)ccc1S(=O)(=O)O. The van der Waals surface area contributed by atoms with Gasteiger partial charge < -0.3 is 0 Å². The summed E-state index contributed by atoms with van der Waals surface area (Å²) in [5.41, 5.74) is 1.75. The molecule has 0 spiro atoms. The van der Waals surface area contributed by atoms with Gasteiger partial charge in [-0.1, -0.05) is 57.2 Å². The van der Waals surface area contributed by atoms with Crippen molar-refractivity contribution >= 4 is 10.1 Å². The van der Waals surface area contributed by atoms with E-state index in [0.717, 1.165) is 17.5 Å². The molecule has 1 unspecified atom stereocenters. The quantitative estimate of drug-likeness (QED) is 0.608. The van der Waals surface area contributed by atoms with Crippen LogP contribution in [0.15, 0.2) is 23.1 Å². The Hall–Kier alpha value is -0.870. The van der Waals surface area contributed by atoms with Crippen LogP contribution in [-0.4, -0.2) is 13.0 Å². The Kier molecular flexibility index (Phi) is 6.01. The van der Waals surface area contributed by atoms with Crippen LogP contribution in [0.5, 0.6) is 0 Å². The molecule has 0 fully saturated rings. The van der Waals surface area contributed by atoms with Gasteiger partial charge in [-0.3, -0.25) is 4.55 Å². The van der Waals surface area contributed by atoms with Crippen LogP contribution in [0.2, 0.25) is 0 Å². The number of hydrogen-bond donors (Lipinski definition) is 1. The Morgan fingerprint density at radius 2 is 1.95 bits per heavy atom. The van der Waals surface area contributed by atoms with Gasteiger partial charge in [0.15, 0.2) is 0 Å². The van der Waals surface area contributed by atoms with Crippen molar-refractivity contribution < 1.29 is 13.0 Å². The lowest BCUT2D eigenvalue weighted by atomic mass is 9.95. The highest BCUT2D eigenvalue weighted by Crippen LogP contribution is 2.22. The highest BCUT2D eigenvalue weighted by atomic mass is 32.2. The van der Waals surface area contributed by atoms with Crippen molar-refractivity contribution in [2.45, 2.75) is 57.8 Å². The molecular weight excluding hydrogens is 260 g/mol. The van der Waals surface area contributed by atoms with E-state index in [0.29, 0.717) is 12.3 Å². The van der Waals surface area contributed by atoms with Crippen LogP contribution in [0, 0.1) is 12.8 Å². The molecule has 0 bridgehead atoms. The Bertz CT molecular complexity index is 506. The van der Waals surface area contributed by atoms with Gasteiger partial charge in [-0.05, 0) is 30.9 Å². The van der Waals surface area contributed by atoms with Gasteiger partial charge in [0.2, 0.25) is 0 Å². The molecule has 3 nitrogen and oxygen atoms in total. The minimum absolute atomic E-state index is 0.0560. The molecule has 1 aromatic carbocycles. The summed E-state index contributed by atoms with van der Waals surface area (Å²) >= 11 is 0. The van der Waals surface area contributed by atoms with Crippen LogP contribution in [0.4, 0.5) is 0 Å². The summed E-state index contributed by atoms with van der Waals surface area (Å²) in [6, 6.07) is 5.08. The molecule has 0 saturated heterocycles. The van der Waals surface area contributed by atoms with E-state index in [1.165, 1.54) is 25.3 Å². The second-order valence-corrected chi connectivity index (χ2v) is 6.78. The van der Waals surface area contributed by atoms with Crippen molar-refractivity contribution in [1.82, 2.24) is 0 Å². The zero-order valence-corrected chi connectivity index (χ0v) is 12.8. The number of benzene rings is 1. The molecule has 108 valence electrons. The minimum Gasteiger partial charge on any atom is -0.282 e. The summed E-state index contributed by atoms with van der Waals surface area (Å²) in [4.78, 5) is 0.0560. The van der Waals surface area contributed by atoms with Gasteiger partial charge >= 0.3 is 0 Å². The maximum Gasteiger partial charge on any atom is 0.294 e. The van der Waals surface area contributed by atoms with Crippen LogP contribution in [0.25, 0.3) is 0 Å². The van der Waals surface area contributed by atoms with Crippen molar-refractivity contribution in [2.75, 3.05) is 0 Å². The molecule has 4 heteroatoms. The smallest absolute Gasteiger partial charge is 0.282 e. The van der Waals surface area contributed by atoms with Crippen molar-refractivity contribution in [3.63, 3.8) is 0 Å². The van der Waals surface area contributed by atoms with E-state index in [1.807, 2.05) is 13.0 Å². The molecule has 1 atom stereocenters. The van der Waals surface area contributed by atoms with Crippen LogP contribution < -0.4 is 0 Å². The summed E-state index contributed by atoms with van der Waals surface area (Å²) in [6.45, 7) is 6.23. The molecule has 0 amide bonds. The Morgan fingerprint density at radius 1 is 1.26 bits per heavy atom. The monoisotopic (exact) mass is 284 g/mol. The molecule has 19 heavy (non-hydrogen) atoms. The number of rotatable bonds is 7. The Balaban J connectivity index is 2.84. The first kappa shape index (κ1) is 16.2. The van der Waals surface area contributed by atoms with Gasteiger partial charge in [0, 0.05) is 0 Å². The van der Waals surface area contributed by atoms with Crippen LogP contribution in [-0.2, 0) is 16.5 Å². The molecule has 0 aromatic heterocycles. The summed E-state index contributed by atoms with van der Waals surface area (Å²) in [7, 11) is -4.12.